The van der Waals surface area contributed by atoms with E-state index >= 15 is 0 Å². The normalized spacial score (nSPS) is 10.6. The maximum atomic E-state index is 6.21. The molecular weight excluding hydrogens is 295 g/mol. The van der Waals surface area contributed by atoms with Gasteiger partial charge in [-0.3, -0.25) is 0 Å². The van der Waals surface area contributed by atoms with Crippen molar-refractivity contribution in [3.05, 3.63) is 51.5 Å². The van der Waals surface area contributed by atoms with Gasteiger partial charge in [-0.2, -0.15) is 0 Å². The molecule has 2 aromatic carbocycles. The first kappa shape index (κ1) is 13.1. The molecular formula is C13H9Cl3S. The molecule has 0 aromatic heterocycles. The van der Waals surface area contributed by atoms with Gasteiger partial charge in [0.1, 0.15) is 0 Å². The van der Waals surface area contributed by atoms with Gasteiger partial charge in [-0.1, -0.05) is 53.0 Å². The van der Waals surface area contributed by atoms with E-state index in [2.05, 4.69) is 12.1 Å². The van der Waals surface area contributed by atoms with Crippen LogP contribution in [0.5, 0.6) is 0 Å². The molecule has 0 unspecified atom stereocenters. The molecule has 0 atom stereocenters. The Balaban J connectivity index is 2.56. The quantitative estimate of drug-likeness (QED) is 0.482. The fourth-order valence-electron chi connectivity index (χ4n) is 1.54. The van der Waals surface area contributed by atoms with Crippen LogP contribution in [-0.4, -0.2) is 6.26 Å². The fraction of sp³-hybridized carbons (Fsp3) is 0.0769. The molecule has 0 spiro atoms. The molecule has 0 aliphatic rings. The van der Waals surface area contributed by atoms with E-state index in [9.17, 15) is 0 Å². The zero-order valence-electron chi connectivity index (χ0n) is 9.01. The van der Waals surface area contributed by atoms with Gasteiger partial charge in [0.05, 0.1) is 15.1 Å². The third kappa shape index (κ3) is 2.74. The first-order chi connectivity index (χ1) is 8.13. The van der Waals surface area contributed by atoms with Gasteiger partial charge in [0.2, 0.25) is 0 Å². The molecule has 0 N–H and O–H groups in total. The van der Waals surface area contributed by atoms with E-state index in [1.807, 2.05) is 24.5 Å². The molecule has 0 aliphatic heterocycles. The van der Waals surface area contributed by atoms with Gasteiger partial charge in [0.15, 0.2) is 0 Å². The molecule has 0 saturated heterocycles. The largest absolute Gasteiger partial charge is 0.130 e. The fourth-order valence-corrected chi connectivity index (χ4v) is 2.64. The topological polar surface area (TPSA) is 0 Å². The molecule has 0 aliphatic carbocycles. The van der Waals surface area contributed by atoms with Crippen molar-refractivity contribution in [1.29, 1.82) is 0 Å². The summed E-state index contributed by atoms with van der Waals surface area (Å²) in [6.45, 7) is 0. The maximum absolute atomic E-state index is 6.21. The van der Waals surface area contributed by atoms with Crippen LogP contribution in [0.4, 0.5) is 0 Å². The Hall–Kier alpha value is -0.340. The van der Waals surface area contributed by atoms with Crippen molar-refractivity contribution in [2.75, 3.05) is 6.26 Å². The van der Waals surface area contributed by atoms with Gasteiger partial charge in [-0.15, -0.1) is 11.8 Å². The van der Waals surface area contributed by atoms with Crippen LogP contribution in [0.3, 0.4) is 0 Å². The van der Waals surface area contributed by atoms with Crippen LogP contribution in [-0.2, 0) is 0 Å². The second-order valence-electron chi connectivity index (χ2n) is 3.45. The van der Waals surface area contributed by atoms with Crippen molar-refractivity contribution in [2.24, 2.45) is 0 Å². The summed E-state index contributed by atoms with van der Waals surface area (Å²) in [4.78, 5) is 1.18. The second-order valence-corrected chi connectivity index (χ2v) is 5.50. The van der Waals surface area contributed by atoms with Gasteiger partial charge in [0.25, 0.3) is 0 Å². The molecule has 0 bridgehead atoms. The summed E-state index contributed by atoms with van der Waals surface area (Å²) in [7, 11) is 0. The Morgan fingerprint density at radius 2 is 1.71 bits per heavy atom. The number of halogens is 3. The number of benzene rings is 2. The van der Waals surface area contributed by atoms with Crippen molar-refractivity contribution in [2.45, 2.75) is 4.90 Å². The summed E-state index contributed by atoms with van der Waals surface area (Å²) in [6.07, 6.45) is 2.04. The molecule has 88 valence electrons. The molecule has 17 heavy (non-hydrogen) atoms. The second kappa shape index (κ2) is 5.53. The third-order valence-corrected chi connectivity index (χ3v) is 4.43. The predicted octanol–water partition coefficient (Wildman–Crippen LogP) is 6.04. The third-order valence-electron chi connectivity index (χ3n) is 2.42. The van der Waals surface area contributed by atoms with Crippen LogP contribution in [0.25, 0.3) is 11.1 Å². The lowest BCUT2D eigenvalue weighted by Crippen LogP contribution is -1.82. The zero-order chi connectivity index (χ0) is 12.4. The van der Waals surface area contributed by atoms with E-state index in [-0.39, 0.29) is 0 Å². The van der Waals surface area contributed by atoms with Gasteiger partial charge in [-0.25, -0.2) is 0 Å². The minimum Gasteiger partial charge on any atom is -0.130 e. The van der Waals surface area contributed by atoms with Crippen molar-refractivity contribution in [3.8, 4) is 11.1 Å². The molecule has 2 rings (SSSR count). The number of rotatable bonds is 2. The van der Waals surface area contributed by atoms with Gasteiger partial charge < -0.3 is 0 Å². The van der Waals surface area contributed by atoms with E-state index in [1.54, 1.807) is 17.8 Å². The van der Waals surface area contributed by atoms with Gasteiger partial charge >= 0.3 is 0 Å². The van der Waals surface area contributed by atoms with E-state index in [1.165, 1.54) is 4.90 Å². The van der Waals surface area contributed by atoms with Crippen LogP contribution in [0.1, 0.15) is 0 Å². The van der Waals surface area contributed by atoms with E-state index in [0.717, 1.165) is 11.1 Å². The van der Waals surface area contributed by atoms with Crippen molar-refractivity contribution in [3.63, 3.8) is 0 Å². The van der Waals surface area contributed by atoms with E-state index in [4.69, 9.17) is 34.8 Å². The SMILES string of the molecule is CSc1cccc(-c2ccc(Cl)c(Cl)c2Cl)c1. The van der Waals surface area contributed by atoms with E-state index in [0.29, 0.717) is 15.1 Å². The van der Waals surface area contributed by atoms with Crippen molar-refractivity contribution >= 4 is 46.6 Å². The summed E-state index contributed by atoms with van der Waals surface area (Å²) < 4.78 is 0. The van der Waals surface area contributed by atoms with Crippen LogP contribution >= 0.6 is 46.6 Å². The molecule has 0 heterocycles. The highest BCUT2D eigenvalue weighted by molar-refractivity contribution is 7.98. The first-order valence-corrected chi connectivity index (χ1v) is 7.27. The highest BCUT2D eigenvalue weighted by atomic mass is 35.5. The average molecular weight is 304 g/mol. The lowest BCUT2D eigenvalue weighted by atomic mass is 10.1. The molecule has 0 fully saturated rings. The standard InChI is InChI=1S/C13H9Cl3S/c1-17-9-4-2-3-8(7-9)10-5-6-11(14)13(16)12(10)15/h2-7H,1H3. The minimum atomic E-state index is 0.403. The Bertz CT molecular complexity index is 552. The van der Waals surface area contributed by atoms with Crippen LogP contribution < -0.4 is 0 Å². The zero-order valence-corrected chi connectivity index (χ0v) is 12.1. The minimum absolute atomic E-state index is 0.403. The number of thioether (sulfide) groups is 1. The van der Waals surface area contributed by atoms with Crippen LogP contribution in [0.15, 0.2) is 41.3 Å². The Morgan fingerprint density at radius 1 is 0.941 bits per heavy atom. The number of hydrogen-bond acceptors (Lipinski definition) is 1. The number of hydrogen-bond donors (Lipinski definition) is 0. The summed E-state index contributed by atoms with van der Waals surface area (Å²) in [5, 5.41) is 1.37. The molecule has 0 nitrogen and oxygen atoms in total. The summed E-state index contributed by atoms with van der Waals surface area (Å²) in [6, 6.07) is 11.8. The molecule has 0 saturated carbocycles. The summed E-state index contributed by atoms with van der Waals surface area (Å²) >= 11 is 19.8. The van der Waals surface area contributed by atoms with Crippen LogP contribution in [0.2, 0.25) is 15.1 Å². The molecule has 0 amide bonds. The highest BCUT2D eigenvalue weighted by Gasteiger charge is 2.10. The highest BCUT2D eigenvalue weighted by Crippen LogP contribution is 2.38. The maximum Gasteiger partial charge on any atom is 0.0784 e. The smallest absolute Gasteiger partial charge is 0.0784 e. The molecule has 4 heteroatoms. The van der Waals surface area contributed by atoms with Crippen LogP contribution in [0, 0.1) is 0 Å². The Labute approximate surface area is 120 Å². The molecule has 0 radical (unpaired) electrons. The average Bonchev–Trinajstić information content (AvgIpc) is 2.36. The predicted molar refractivity (Wildman–Crippen MR) is 78.7 cm³/mol. The Kier molecular flexibility index (Phi) is 4.26. The van der Waals surface area contributed by atoms with Crippen molar-refractivity contribution < 1.29 is 0 Å². The molecule has 2 aromatic rings. The lowest BCUT2D eigenvalue weighted by Gasteiger charge is -2.08. The summed E-state index contributed by atoms with van der Waals surface area (Å²) in [5.74, 6) is 0. The monoisotopic (exact) mass is 302 g/mol. The van der Waals surface area contributed by atoms with Gasteiger partial charge in [0, 0.05) is 10.5 Å². The Morgan fingerprint density at radius 3 is 2.41 bits per heavy atom. The summed E-state index contributed by atoms with van der Waals surface area (Å²) in [5.41, 5.74) is 1.94. The van der Waals surface area contributed by atoms with Gasteiger partial charge in [-0.05, 0) is 30.0 Å². The van der Waals surface area contributed by atoms with Crippen molar-refractivity contribution in [1.82, 2.24) is 0 Å². The van der Waals surface area contributed by atoms with E-state index < -0.39 is 0 Å². The lowest BCUT2D eigenvalue weighted by molar-refractivity contribution is 1.46. The first-order valence-electron chi connectivity index (χ1n) is 4.91.